The molecule has 0 radical (unpaired) electrons. The summed E-state index contributed by atoms with van der Waals surface area (Å²) in [5.41, 5.74) is 0.154. The number of ether oxygens (including phenoxy) is 2. The van der Waals surface area contributed by atoms with Crippen LogP contribution in [-0.2, 0) is 9.47 Å². The lowest BCUT2D eigenvalue weighted by molar-refractivity contribution is -0.137. The van der Waals surface area contributed by atoms with Gasteiger partial charge in [-0.1, -0.05) is 27.7 Å². The molecular weight excluding hydrogens is 164 g/mol. The van der Waals surface area contributed by atoms with Gasteiger partial charge in [0.05, 0.1) is 0 Å². The third-order valence-corrected chi connectivity index (χ3v) is 3.30. The van der Waals surface area contributed by atoms with Crippen LogP contribution in [0.1, 0.15) is 27.7 Å². The van der Waals surface area contributed by atoms with Gasteiger partial charge in [-0.2, -0.15) is 0 Å². The van der Waals surface area contributed by atoms with E-state index in [1.807, 2.05) is 0 Å². The van der Waals surface area contributed by atoms with Crippen LogP contribution in [0.25, 0.3) is 0 Å². The summed E-state index contributed by atoms with van der Waals surface area (Å²) in [6.07, 6.45) is 0. The van der Waals surface area contributed by atoms with E-state index in [0.29, 0.717) is 17.8 Å². The van der Waals surface area contributed by atoms with Crippen molar-refractivity contribution in [2.24, 2.45) is 17.3 Å². The molecule has 0 amide bonds. The van der Waals surface area contributed by atoms with Crippen LogP contribution in [0.2, 0.25) is 0 Å². The molecule has 1 rings (SSSR count). The van der Waals surface area contributed by atoms with E-state index in [-0.39, 0.29) is 5.41 Å². The second kappa shape index (κ2) is 3.60. The Kier molecular flexibility index (Phi) is 2.89. The molecule has 0 N–H and O–H groups in total. The van der Waals surface area contributed by atoms with Crippen LogP contribution in [-0.4, -0.2) is 13.2 Å². The Labute approximate surface area is 80.9 Å². The molecule has 76 valence electrons. The minimum atomic E-state index is 0.154. The van der Waals surface area contributed by atoms with Crippen molar-refractivity contribution in [1.82, 2.24) is 0 Å². The van der Waals surface area contributed by atoms with Gasteiger partial charge in [0.15, 0.2) is 0 Å². The van der Waals surface area contributed by atoms with Crippen LogP contribution in [0.4, 0.5) is 0 Å². The highest BCUT2D eigenvalue weighted by molar-refractivity contribution is 4.91. The summed E-state index contributed by atoms with van der Waals surface area (Å²) >= 11 is 0. The summed E-state index contributed by atoms with van der Waals surface area (Å²) in [4.78, 5) is 0. The molecule has 1 heterocycles. The zero-order valence-corrected chi connectivity index (χ0v) is 9.09. The van der Waals surface area contributed by atoms with E-state index in [0.717, 1.165) is 13.2 Å². The molecule has 1 aliphatic rings. The summed E-state index contributed by atoms with van der Waals surface area (Å²) in [5.74, 6) is 1.61. The molecule has 0 aromatic rings. The van der Waals surface area contributed by atoms with E-state index in [4.69, 9.17) is 9.47 Å². The smallest absolute Gasteiger partial charge is 0.271 e. The maximum absolute atomic E-state index is 5.40. The van der Waals surface area contributed by atoms with Crippen LogP contribution < -0.4 is 0 Å². The quantitative estimate of drug-likeness (QED) is 0.657. The molecule has 0 aromatic heterocycles. The molecule has 2 nitrogen and oxygen atoms in total. The van der Waals surface area contributed by atoms with Crippen LogP contribution in [0.15, 0.2) is 12.5 Å². The first-order valence-electron chi connectivity index (χ1n) is 4.93. The molecule has 0 bridgehead atoms. The molecule has 1 fully saturated rings. The minimum absolute atomic E-state index is 0.154. The third-order valence-electron chi connectivity index (χ3n) is 3.30. The van der Waals surface area contributed by atoms with Crippen molar-refractivity contribution in [2.45, 2.75) is 27.7 Å². The third kappa shape index (κ3) is 1.82. The van der Waals surface area contributed by atoms with Gasteiger partial charge < -0.3 is 9.47 Å². The van der Waals surface area contributed by atoms with Gasteiger partial charge in [0.1, 0.15) is 13.2 Å². The monoisotopic (exact) mass is 184 g/mol. The largest absolute Gasteiger partial charge is 0.465 e. The molecule has 1 saturated heterocycles. The first-order chi connectivity index (χ1) is 5.99. The van der Waals surface area contributed by atoms with Gasteiger partial charge in [0.2, 0.25) is 0 Å². The van der Waals surface area contributed by atoms with Crippen molar-refractivity contribution in [2.75, 3.05) is 13.2 Å². The normalized spacial score (nSPS) is 21.5. The first kappa shape index (κ1) is 10.4. The molecule has 0 atom stereocenters. The molecule has 0 unspecified atom stereocenters. The zero-order valence-electron chi connectivity index (χ0n) is 9.09. The molecule has 0 aromatic carbocycles. The summed E-state index contributed by atoms with van der Waals surface area (Å²) in [5, 5.41) is 0. The molecule has 1 aliphatic heterocycles. The van der Waals surface area contributed by atoms with Crippen molar-refractivity contribution >= 4 is 0 Å². The number of hydrogen-bond donors (Lipinski definition) is 0. The van der Waals surface area contributed by atoms with Crippen LogP contribution >= 0.6 is 0 Å². The first-order valence-corrected chi connectivity index (χ1v) is 4.93. The minimum Gasteiger partial charge on any atom is -0.465 e. The van der Waals surface area contributed by atoms with Crippen molar-refractivity contribution < 1.29 is 9.47 Å². The molecule has 0 saturated carbocycles. The summed E-state index contributed by atoms with van der Waals surface area (Å²) < 4.78 is 10.8. The molecule has 2 heteroatoms. The predicted molar refractivity (Wildman–Crippen MR) is 53.2 cm³/mol. The highest BCUT2D eigenvalue weighted by Crippen LogP contribution is 2.39. The van der Waals surface area contributed by atoms with Gasteiger partial charge in [-0.05, 0) is 18.4 Å². The standard InChI is InChI=1S/C11H20O2/c1-8(2)11(9(3)4)6-12-10(5)13-7-11/h8-9H,5-7H2,1-4H3. The zero-order chi connectivity index (χ0) is 10.1. The lowest BCUT2D eigenvalue weighted by Crippen LogP contribution is -2.45. The second-order valence-electron chi connectivity index (χ2n) is 4.49. The number of hydrogen-bond acceptors (Lipinski definition) is 2. The van der Waals surface area contributed by atoms with E-state index in [9.17, 15) is 0 Å². The van der Waals surface area contributed by atoms with Gasteiger partial charge in [-0.25, -0.2) is 0 Å². The Morgan fingerprint density at radius 2 is 1.46 bits per heavy atom. The fourth-order valence-electron chi connectivity index (χ4n) is 1.85. The average molecular weight is 184 g/mol. The van der Waals surface area contributed by atoms with Crippen molar-refractivity contribution in [1.29, 1.82) is 0 Å². The highest BCUT2D eigenvalue weighted by Gasteiger charge is 2.41. The summed E-state index contributed by atoms with van der Waals surface area (Å²) in [6, 6.07) is 0. The van der Waals surface area contributed by atoms with Crippen LogP contribution in [0.3, 0.4) is 0 Å². The van der Waals surface area contributed by atoms with Gasteiger partial charge in [-0.15, -0.1) is 0 Å². The van der Waals surface area contributed by atoms with Crippen LogP contribution in [0.5, 0.6) is 0 Å². The van der Waals surface area contributed by atoms with E-state index in [1.165, 1.54) is 0 Å². The maximum Gasteiger partial charge on any atom is 0.271 e. The summed E-state index contributed by atoms with van der Waals surface area (Å²) in [6.45, 7) is 14.0. The Morgan fingerprint density at radius 3 is 1.77 bits per heavy atom. The molecule has 0 spiro atoms. The lowest BCUT2D eigenvalue weighted by Gasteiger charge is -2.43. The number of rotatable bonds is 2. The van der Waals surface area contributed by atoms with Crippen molar-refractivity contribution in [3.63, 3.8) is 0 Å². The van der Waals surface area contributed by atoms with E-state index in [2.05, 4.69) is 34.3 Å². The maximum atomic E-state index is 5.40. The van der Waals surface area contributed by atoms with Crippen LogP contribution in [0, 0.1) is 17.3 Å². The Morgan fingerprint density at radius 1 is 1.08 bits per heavy atom. The van der Waals surface area contributed by atoms with Gasteiger partial charge in [0, 0.05) is 5.41 Å². The van der Waals surface area contributed by atoms with Gasteiger partial charge in [-0.3, -0.25) is 0 Å². The SMILES string of the molecule is C=C1OCC(C(C)C)(C(C)C)CO1. The van der Waals surface area contributed by atoms with Crippen molar-refractivity contribution in [3.8, 4) is 0 Å². The predicted octanol–water partition coefficient (Wildman–Crippen LogP) is 2.80. The molecule has 0 aliphatic carbocycles. The molecular formula is C11H20O2. The molecule has 13 heavy (non-hydrogen) atoms. The van der Waals surface area contributed by atoms with E-state index in [1.54, 1.807) is 0 Å². The van der Waals surface area contributed by atoms with Crippen molar-refractivity contribution in [3.05, 3.63) is 12.5 Å². The topological polar surface area (TPSA) is 18.5 Å². The summed E-state index contributed by atoms with van der Waals surface area (Å²) in [7, 11) is 0. The van der Waals surface area contributed by atoms with E-state index >= 15 is 0 Å². The fraction of sp³-hybridized carbons (Fsp3) is 0.818. The Balaban J connectivity index is 2.75. The lowest BCUT2D eigenvalue weighted by atomic mass is 9.70. The fourth-order valence-corrected chi connectivity index (χ4v) is 1.85. The second-order valence-corrected chi connectivity index (χ2v) is 4.49. The highest BCUT2D eigenvalue weighted by atomic mass is 16.7. The Hall–Kier alpha value is -0.660. The van der Waals surface area contributed by atoms with Gasteiger partial charge in [0.25, 0.3) is 5.95 Å². The van der Waals surface area contributed by atoms with Gasteiger partial charge >= 0.3 is 0 Å². The van der Waals surface area contributed by atoms with E-state index < -0.39 is 0 Å². The Bertz CT molecular complexity index is 174. The average Bonchev–Trinajstić information content (AvgIpc) is 2.04.